The van der Waals surface area contributed by atoms with Crippen molar-refractivity contribution in [2.75, 3.05) is 12.0 Å². The van der Waals surface area contributed by atoms with Crippen molar-refractivity contribution in [3.63, 3.8) is 0 Å². The number of para-hydroxylation sites is 1. The first-order valence-corrected chi connectivity index (χ1v) is 7.95. The number of thiophene rings is 1. The molecule has 1 aromatic heterocycles. The van der Waals surface area contributed by atoms with Crippen molar-refractivity contribution >= 4 is 34.9 Å². The Balaban J connectivity index is 2.15. The van der Waals surface area contributed by atoms with Crippen LogP contribution in [0.15, 0.2) is 64.8 Å². The summed E-state index contributed by atoms with van der Waals surface area (Å²) in [6.45, 7) is 1.76. The fourth-order valence-electron chi connectivity index (χ4n) is 2.58. The number of benzene rings is 1. The number of allylic oxidation sites excluding steroid dienone is 2. The summed E-state index contributed by atoms with van der Waals surface area (Å²) in [5, 5.41) is 1.94. The second-order valence-electron chi connectivity index (χ2n) is 5.00. The summed E-state index contributed by atoms with van der Waals surface area (Å²) in [5.41, 5.74) is 1.95. The standard InChI is InChI=1S/C18H15NO3S/c1-12-16(18(21)22-2)17(20)15(11-14-9-6-10-23-14)19(12)13-7-4-3-5-8-13/h3-11H,1-2H3/b15-11+. The van der Waals surface area contributed by atoms with Gasteiger partial charge in [-0.1, -0.05) is 24.3 Å². The lowest BCUT2D eigenvalue weighted by Crippen LogP contribution is -2.18. The molecule has 1 aromatic carbocycles. The molecule has 23 heavy (non-hydrogen) atoms. The smallest absolute Gasteiger partial charge is 0.343 e. The van der Waals surface area contributed by atoms with E-state index in [2.05, 4.69) is 0 Å². The quantitative estimate of drug-likeness (QED) is 0.491. The van der Waals surface area contributed by atoms with Crippen LogP contribution in [0.5, 0.6) is 0 Å². The molecule has 0 aliphatic carbocycles. The Morgan fingerprint density at radius 1 is 1.17 bits per heavy atom. The Morgan fingerprint density at radius 3 is 2.52 bits per heavy atom. The Labute approximate surface area is 138 Å². The highest BCUT2D eigenvalue weighted by Crippen LogP contribution is 2.35. The average Bonchev–Trinajstić information content (AvgIpc) is 3.15. The number of ether oxygens (including phenoxy) is 1. The molecular weight excluding hydrogens is 310 g/mol. The maximum absolute atomic E-state index is 12.8. The van der Waals surface area contributed by atoms with Gasteiger partial charge in [-0.15, -0.1) is 11.3 Å². The van der Waals surface area contributed by atoms with E-state index in [9.17, 15) is 9.59 Å². The van der Waals surface area contributed by atoms with Gasteiger partial charge < -0.3 is 9.64 Å². The zero-order valence-corrected chi connectivity index (χ0v) is 13.6. The van der Waals surface area contributed by atoms with E-state index in [0.29, 0.717) is 11.4 Å². The fourth-order valence-corrected chi connectivity index (χ4v) is 3.23. The molecule has 0 radical (unpaired) electrons. The number of anilines is 1. The molecule has 0 saturated carbocycles. The zero-order valence-electron chi connectivity index (χ0n) is 12.8. The third-order valence-corrected chi connectivity index (χ3v) is 4.44. The molecule has 0 atom stereocenters. The molecule has 116 valence electrons. The van der Waals surface area contributed by atoms with Crippen molar-refractivity contribution in [1.29, 1.82) is 0 Å². The van der Waals surface area contributed by atoms with E-state index in [-0.39, 0.29) is 11.4 Å². The van der Waals surface area contributed by atoms with E-state index >= 15 is 0 Å². The summed E-state index contributed by atoms with van der Waals surface area (Å²) in [6.07, 6.45) is 1.80. The van der Waals surface area contributed by atoms with Crippen LogP contribution in [0.2, 0.25) is 0 Å². The number of carbonyl (C=O) groups excluding carboxylic acids is 2. The number of rotatable bonds is 3. The van der Waals surface area contributed by atoms with Gasteiger partial charge in [-0.05, 0) is 36.6 Å². The summed E-state index contributed by atoms with van der Waals surface area (Å²) in [4.78, 5) is 27.5. The molecule has 2 aromatic rings. The highest BCUT2D eigenvalue weighted by atomic mass is 32.1. The van der Waals surface area contributed by atoms with Crippen LogP contribution in [0.25, 0.3) is 6.08 Å². The molecule has 1 aliphatic heterocycles. The van der Waals surface area contributed by atoms with Gasteiger partial charge in [0, 0.05) is 16.3 Å². The Bertz CT molecular complexity index is 804. The highest BCUT2D eigenvalue weighted by molar-refractivity contribution is 7.10. The lowest BCUT2D eigenvalue weighted by molar-refractivity contribution is -0.137. The number of hydrogen-bond donors (Lipinski definition) is 0. The maximum Gasteiger partial charge on any atom is 0.343 e. The molecule has 2 heterocycles. The summed E-state index contributed by atoms with van der Waals surface area (Å²) >= 11 is 1.54. The van der Waals surface area contributed by atoms with Crippen LogP contribution in [0, 0.1) is 0 Å². The van der Waals surface area contributed by atoms with E-state index in [1.54, 1.807) is 17.9 Å². The van der Waals surface area contributed by atoms with Gasteiger partial charge in [-0.2, -0.15) is 0 Å². The van der Waals surface area contributed by atoms with Crippen LogP contribution in [-0.2, 0) is 14.3 Å². The van der Waals surface area contributed by atoms with E-state index in [1.807, 2.05) is 47.8 Å². The average molecular weight is 325 g/mol. The molecule has 4 nitrogen and oxygen atoms in total. The Morgan fingerprint density at radius 2 is 1.91 bits per heavy atom. The first kappa shape index (κ1) is 15.2. The summed E-state index contributed by atoms with van der Waals surface area (Å²) in [6, 6.07) is 13.4. The number of Topliss-reactive ketones (excluding diaryl/α,β-unsaturated/α-hetero) is 1. The van der Waals surface area contributed by atoms with Gasteiger partial charge in [0.25, 0.3) is 0 Å². The molecule has 0 fully saturated rings. The summed E-state index contributed by atoms with van der Waals surface area (Å²) in [5.74, 6) is -0.922. The molecule has 0 bridgehead atoms. The number of ketones is 1. The van der Waals surface area contributed by atoms with Crippen LogP contribution in [-0.4, -0.2) is 18.9 Å². The van der Waals surface area contributed by atoms with Crippen LogP contribution in [0.4, 0.5) is 5.69 Å². The predicted octanol–water partition coefficient (Wildman–Crippen LogP) is 3.63. The molecule has 0 saturated heterocycles. The number of methoxy groups -OCH3 is 1. The second kappa shape index (κ2) is 6.22. The van der Waals surface area contributed by atoms with Gasteiger partial charge >= 0.3 is 5.97 Å². The fraction of sp³-hybridized carbons (Fsp3) is 0.111. The van der Waals surface area contributed by atoms with E-state index < -0.39 is 5.97 Å². The lowest BCUT2D eigenvalue weighted by Gasteiger charge is -2.21. The number of carbonyl (C=O) groups is 2. The third-order valence-electron chi connectivity index (χ3n) is 3.62. The number of esters is 1. The van der Waals surface area contributed by atoms with Gasteiger partial charge in [-0.25, -0.2) is 4.79 Å². The lowest BCUT2D eigenvalue weighted by atomic mass is 10.1. The van der Waals surface area contributed by atoms with Gasteiger partial charge in [0.2, 0.25) is 5.78 Å². The summed E-state index contributed by atoms with van der Waals surface area (Å²) < 4.78 is 4.77. The largest absolute Gasteiger partial charge is 0.465 e. The van der Waals surface area contributed by atoms with Gasteiger partial charge in [0.1, 0.15) is 5.57 Å². The first-order valence-electron chi connectivity index (χ1n) is 7.07. The van der Waals surface area contributed by atoms with Crippen LogP contribution < -0.4 is 4.90 Å². The van der Waals surface area contributed by atoms with Crippen molar-refractivity contribution in [2.24, 2.45) is 0 Å². The number of hydrogen-bond acceptors (Lipinski definition) is 5. The van der Waals surface area contributed by atoms with Crippen molar-refractivity contribution in [1.82, 2.24) is 0 Å². The minimum absolute atomic E-state index is 0.0826. The minimum Gasteiger partial charge on any atom is -0.465 e. The van der Waals surface area contributed by atoms with Crippen molar-refractivity contribution in [2.45, 2.75) is 6.92 Å². The molecule has 0 amide bonds. The van der Waals surface area contributed by atoms with Gasteiger partial charge in [0.05, 0.1) is 12.8 Å². The molecule has 0 N–H and O–H groups in total. The number of nitrogens with zero attached hydrogens (tertiary/aromatic N) is 1. The minimum atomic E-state index is -0.608. The van der Waals surface area contributed by atoms with E-state index in [1.165, 1.54) is 18.4 Å². The predicted molar refractivity (Wildman–Crippen MR) is 90.9 cm³/mol. The molecule has 5 heteroatoms. The first-order chi connectivity index (χ1) is 11.1. The van der Waals surface area contributed by atoms with Crippen molar-refractivity contribution in [3.05, 3.63) is 69.7 Å². The van der Waals surface area contributed by atoms with Gasteiger partial charge in [-0.3, -0.25) is 4.79 Å². The molecule has 3 rings (SSSR count). The Hall–Kier alpha value is -2.66. The van der Waals surface area contributed by atoms with Crippen molar-refractivity contribution in [3.8, 4) is 0 Å². The third kappa shape index (κ3) is 2.71. The normalized spacial score (nSPS) is 16.3. The highest BCUT2D eigenvalue weighted by Gasteiger charge is 2.38. The maximum atomic E-state index is 12.8. The van der Waals surface area contributed by atoms with E-state index in [4.69, 9.17) is 4.74 Å². The molecule has 0 unspecified atom stereocenters. The van der Waals surface area contributed by atoms with Crippen molar-refractivity contribution < 1.29 is 14.3 Å². The zero-order chi connectivity index (χ0) is 16.4. The topological polar surface area (TPSA) is 46.6 Å². The van der Waals surface area contributed by atoms with Gasteiger partial charge in [0.15, 0.2) is 0 Å². The monoisotopic (exact) mass is 325 g/mol. The second-order valence-corrected chi connectivity index (χ2v) is 5.98. The van der Waals surface area contributed by atoms with Crippen LogP contribution in [0.1, 0.15) is 11.8 Å². The summed E-state index contributed by atoms with van der Waals surface area (Å²) in [7, 11) is 1.28. The van der Waals surface area contributed by atoms with Crippen LogP contribution >= 0.6 is 11.3 Å². The van der Waals surface area contributed by atoms with E-state index in [0.717, 1.165) is 10.6 Å². The Kier molecular flexibility index (Phi) is 4.12. The van der Waals surface area contributed by atoms with Crippen LogP contribution in [0.3, 0.4) is 0 Å². The molecular formula is C18H15NO3S. The SMILES string of the molecule is COC(=O)C1=C(C)N(c2ccccc2)/C(=C/c2cccs2)C1=O. The molecule has 1 aliphatic rings. The molecule has 0 spiro atoms.